The summed E-state index contributed by atoms with van der Waals surface area (Å²) in [5.41, 5.74) is 3.43. The molecular weight excluding hydrogens is 322 g/mol. The topological polar surface area (TPSA) is 95.5 Å². The van der Waals surface area contributed by atoms with E-state index in [0.29, 0.717) is 13.0 Å². The van der Waals surface area contributed by atoms with Crippen LogP contribution in [-0.2, 0) is 28.9 Å². The molecule has 25 heavy (non-hydrogen) atoms. The van der Waals surface area contributed by atoms with Gasteiger partial charge in [0.1, 0.15) is 11.9 Å². The second-order valence-electron chi connectivity index (χ2n) is 6.61. The van der Waals surface area contributed by atoms with Crippen molar-refractivity contribution in [3.05, 3.63) is 22.8 Å². The molecule has 1 atom stereocenters. The van der Waals surface area contributed by atoms with Crippen LogP contribution in [0.4, 0.5) is 4.79 Å². The molecule has 2 aliphatic rings. The van der Waals surface area contributed by atoms with Crippen molar-refractivity contribution in [2.75, 3.05) is 20.6 Å². The van der Waals surface area contributed by atoms with Crippen LogP contribution in [0, 0.1) is 6.92 Å². The molecule has 0 aromatic carbocycles. The fraction of sp³-hybridized carbons (Fsp3) is 0.588. The van der Waals surface area contributed by atoms with Crippen LogP contribution in [0.1, 0.15) is 35.6 Å². The Balaban J connectivity index is 1.51. The van der Waals surface area contributed by atoms with E-state index in [2.05, 4.69) is 15.3 Å². The van der Waals surface area contributed by atoms with Gasteiger partial charge in [-0.25, -0.2) is 14.8 Å². The third-order valence-corrected chi connectivity index (χ3v) is 4.91. The number of carbonyl (C=O) groups excluding carboxylic acids is 3. The third-order valence-electron chi connectivity index (χ3n) is 4.91. The number of aromatic nitrogens is 2. The van der Waals surface area contributed by atoms with E-state index < -0.39 is 6.04 Å². The molecule has 1 fully saturated rings. The summed E-state index contributed by atoms with van der Waals surface area (Å²) < 4.78 is 0. The quantitative estimate of drug-likeness (QED) is 0.770. The minimum Gasteiger partial charge on any atom is -0.356 e. The van der Waals surface area contributed by atoms with Crippen molar-refractivity contribution in [2.45, 2.75) is 45.1 Å². The largest absolute Gasteiger partial charge is 0.356 e. The van der Waals surface area contributed by atoms with Crippen molar-refractivity contribution in [2.24, 2.45) is 0 Å². The summed E-state index contributed by atoms with van der Waals surface area (Å²) in [5.74, 6) is 0.133. The lowest BCUT2D eigenvalue weighted by molar-refractivity contribution is -0.131. The van der Waals surface area contributed by atoms with Crippen molar-refractivity contribution < 1.29 is 14.4 Å². The van der Waals surface area contributed by atoms with Gasteiger partial charge in [-0.2, -0.15) is 0 Å². The summed E-state index contributed by atoms with van der Waals surface area (Å²) in [6.45, 7) is 2.41. The van der Waals surface area contributed by atoms with Gasteiger partial charge in [-0.3, -0.25) is 14.5 Å². The molecular formula is C17H23N5O3. The Morgan fingerprint density at radius 2 is 2.00 bits per heavy atom. The Morgan fingerprint density at radius 1 is 1.24 bits per heavy atom. The Hall–Kier alpha value is -2.51. The van der Waals surface area contributed by atoms with Gasteiger partial charge in [0.05, 0.1) is 6.42 Å². The molecule has 1 aromatic heterocycles. The van der Waals surface area contributed by atoms with Crippen LogP contribution in [-0.4, -0.2) is 64.3 Å². The molecule has 134 valence electrons. The molecule has 2 heterocycles. The standard InChI is InChI=1S/C17H23N5O3/c1-10-11-5-4-6-12(11)20-14(19-10)7-8-18-15(23)9-13-16(24)22(3)17(25)21(13)2/h13H,4-9H2,1-3H3,(H,18,23). The number of fused-ring (bicyclic) bond motifs is 1. The zero-order valence-corrected chi connectivity index (χ0v) is 14.8. The zero-order chi connectivity index (χ0) is 18.1. The van der Waals surface area contributed by atoms with Gasteiger partial charge in [-0.05, 0) is 31.7 Å². The number of carbonyl (C=O) groups is 3. The first-order valence-corrected chi connectivity index (χ1v) is 8.54. The zero-order valence-electron chi connectivity index (χ0n) is 14.8. The maximum Gasteiger partial charge on any atom is 0.326 e. The van der Waals surface area contributed by atoms with Gasteiger partial charge in [0, 0.05) is 38.4 Å². The molecule has 0 saturated carbocycles. The number of likely N-dealkylation sites (N-methyl/N-ethyl adjacent to an activating group) is 2. The lowest BCUT2D eigenvalue weighted by Gasteiger charge is -2.15. The number of nitrogens with one attached hydrogen (secondary N) is 1. The number of hydrogen-bond acceptors (Lipinski definition) is 5. The summed E-state index contributed by atoms with van der Waals surface area (Å²) in [6.07, 6.45) is 3.69. The Morgan fingerprint density at radius 3 is 2.68 bits per heavy atom. The number of imide groups is 1. The van der Waals surface area contributed by atoms with Gasteiger partial charge in [0.25, 0.3) is 5.91 Å². The monoisotopic (exact) mass is 345 g/mol. The van der Waals surface area contributed by atoms with Crippen molar-refractivity contribution in [3.8, 4) is 0 Å². The van der Waals surface area contributed by atoms with E-state index in [1.807, 2.05) is 6.92 Å². The van der Waals surface area contributed by atoms with Crippen molar-refractivity contribution in [1.29, 1.82) is 0 Å². The van der Waals surface area contributed by atoms with Crippen LogP contribution in [0.5, 0.6) is 0 Å². The summed E-state index contributed by atoms with van der Waals surface area (Å²) >= 11 is 0. The molecule has 0 bridgehead atoms. The van der Waals surface area contributed by atoms with E-state index in [0.717, 1.165) is 41.4 Å². The lowest BCUT2D eigenvalue weighted by atomic mass is 10.1. The summed E-state index contributed by atoms with van der Waals surface area (Å²) in [7, 11) is 2.95. The van der Waals surface area contributed by atoms with Gasteiger partial charge in [-0.1, -0.05) is 0 Å². The third kappa shape index (κ3) is 3.33. The lowest BCUT2D eigenvalue weighted by Crippen LogP contribution is -2.38. The van der Waals surface area contributed by atoms with E-state index >= 15 is 0 Å². The first kappa shape index (κ1) is 17.3. The molecule has 0 radical (unpaired) electrons. The summed E-state index contributed by atoms with van der Waals surface area (Å²) in [6, 6.07) is -1.11. The predicted octanol–water partition coefficient (Wildman–Crippen LogP) is 0.215. The van der Waals surface area contributed by atoms with Gasteiger partial charge in [0.2, 0.25) is 5.91 Å². The number of amides is 4. The molecule has 1 saturated heterocycles. The van der Waals surface area contributed by atoms with Crippen LogP contribution in [0.15, 0.2) is 0 Å². The fourth-order valence-electron chi connectivity index (χ4n) is 3.43. The van der Waals surface area contributed by atoms with E-state index in [9.17, 15) is 14.4 Å². The predicted molar refractivity (Wildman–Crippen MR) is 89.8 cm³/mol. The molecule has 1 aromatic rings. The summed E-state index contributed by atoms with van der Waals surface area (Å²) in [4.78, 5) is 47.2. The number of aryl methyl sites for hydroxylation is 2. The van der Waals surface area contributed by atoms with Gasteiger partial charge < -0.3 is 10.2 Å². The minimum atomic E-state index is -0.726. The highest BCUT2D eigenvalue weighted by Crippen LogP contribution is 2.22. The van der Waals surface area contributed by atoms with Gasteiger partial charge in [0.15, 0.2) is 0 Å². The van der Waals surface area contributed by atoms with Crippen molar-refractivity contribution in [1.82, 2.24) is 25.1 Å². The number of rotatable bonds is 5. The fourth-order valence-corrected chi connectivity index (χ4v) is 3.43. The van der Waals surface area contributed by atoms with Crippen LogP contribution in [0.25, 0.3) is 0 Å². The Kier molecular flexibility index (Phi) is 4.69. The average molecular weight is 345 g/mol. The number of urea groups is 1. The second-order valence-corrected chi connectivity index (χ2v) is 6.61. The highest BCUT2D eigenvalue weighted by atomic mass is 16.2. The first-order valence-electron chi connectivity index (χ1n) is 8.54. The van der Waals surface area contributed by atoms with Crippen molar-refractivity contribution in [3.63, 3.8) is 0 Å². The van der Waals surface area contributed by atoms with Crippen molar-refractivity contribution >= 4 is 17.8 Å². The Bertz CT molecular complexity index is 733. The van der Waals surface area contributed by atoms with E-state index in [-0.39, 0.29) is 24.3 Å². The normalized spacial score (nSPS) is 19.6. The van der Waals surface area contributed by atoms with Crippen LogP contribution in [0.2, 0.25) is 0 Å². The molecule has 0 spiro atoms. The van der Waals surface area contributed by atoms with E-state index in [4.69, 9.17) is 0 Å². The van der Waals surface area contributed by atoms with Gasteiger partial charge >= 0.3 is 6.03 Å². The molecule has 1 unspecified atom stereocenters. The molecule has 1 N–H and O–H groups in total. The smallest absolute Gasteiger partial charge is 0.326 e. The second kappa shape index (κ2) is 6.78. The number of nitrogens with zero attached hydrogens (tertiary/aromatic N) is 4. The molecule has 8 heteroatoms. The van der Waals surface area contributed by atoms with Gasteiger partial charge in [-0.15, -0.1) is 0 Å². The average Bonchev–Trinajstić information content (AvgIpc) is 3.11. The van der Waals surface area contributed by atoms with Crippen LogP contribution < -0.4 is 5.32 Å². The molecule has 1 aliphatic carbocycles. The van der Waals surface area contributed by atoms with Crippen LogP contribution in [0.3, 0.4) is 0 Å². The summed E-state index contributed by atoms with van der Waals surface area (Å²) in [5, 5.41) is 2.79. The molecule has 1 aliphatic heterocycles. The number of hydrogen-bond donors (Lipinski definition) is 1. The highest BCUT2D eigenvalue weighted by molar-refractivity contribution is 6.05. The van der Waals surface area contributed by atoms with Crippen LogP contribution >= 0.6 is 0 Å². The molecule has 4 amide bonds. The molecule has 3 rings (SSSR count). The SMILES string of the molecule is Cc1nc(CCNC(=O)CC2C(=O)N(C)C(=O)N2C)nc2c1CCC2. The van der Waals surface area contributed by atoms with E-state index in [1.165, 1.54) is 24.6 Å². The van der Waals surface area contributed by atoms with E-state index in [1.54, 1.807) is 0 Å². The first-order chi connectivity index (χ1) is 11.9. The minimum absolute atomic E-state index is 0.0323. The maximum atomic E-state index is 12.1. The maximum absolute atomic E-state index is 12.1. The molecule has 8 nitrogen and oxygen atoms in total. The highest BCUT2D eigenvalue weighted by Gasteiger charge is 2.41. The Labute approximate surface area is 146 Å².